The number of fused-ring (bicyclic) bond motifs is 1. The maximum atomic E-state index is 13.7. The predicted octanol–water partition coefficient (Wildman–Crippen LogP) is 5.42. The Morgan fingerprint density at radius 1 is 0.939 bits per heavy atom. The third-order valence-electron chi connectivity index (χ3n) is 10.0. The smallest absolute Gasteiger partial charge is 0.272 e. The van der Waals surface area contributed by atoms with Gasteiger partial charge >= 0.3 is 0 Å². The zero-order valence-corrected chi connectivity index (χ0v) is 29.5. The molecule has 4 aliphatic rings. The van der Waals surface area contributed by atoms with Gasteiger partial charge in [0.15, 0.2) is 6.61 Å². The maximum absolute atomic E-state index is 13.7. The van der Waals surface area contributed by atoms with E-state index in [0.29, 0.717) is 63.2 Å². The van der Waals surface area contributed by atoms with E-state index < -0.39 is 18.4 Å². The fourth-order valence-electron chi connectivity index (χ4n) is 7.46. The average molecular weight is 721 g/mol. The predicted molar refractivity (Wildman–Crippen MR) is 186 cm³/mol. The molecule has 0 bridgehead atoms. The Kier molecular flexibility index (Phi) is 12.0. The fourth-order valence-corrected chi connectivity index (χ4v) is 7.46. The first-order valence-corrected chi connectivity index (χ1v) is 16.6. The van der Waals surface area contributed by atoms with Crippen molar-refractivity contribution >= 4 is 30.7 Å². The summed E-state index contributed by atoms with van der Waals surface area (Å²) in [5.41, 5.74) is 2.54. The van der Waals surface area contributed by atoms with Gasteiger partial charge in [0.05, 0.1) is 31.3 Å². The molecule has 3 aromatic rings. The molecule has 3 aliphatic heterocycles. The number of alkyl halides is 2. The van der Waals surface area contributed by atoms with Gasteiger partial charge in [-0.1, -0.05) is 60.7 Å². The van der Waals surface area contributed by atoms with Crippen molar-refractivity contribution in [1.82, 2.24) is 24.7 Å². The van der Waals surface area contributed by atoms with Crippen LogP contribution in [0.15, 0.2) is 60.7 Å². The van der Waals surface area contributed by atoms with Gasteiger partial charge in [-0.15, -0.1) is 24.8 Å². The third-order valence-corrected chi connectivity index (χ3v) is 10.0. The first kappa shape index (κ1) is 37.2. The van der Waals surface area contributed by atoms with Crippen LogP contribution in [0.25, 0.3) is 0 Å². The summed E-state index contributed by atoms with van der Waals surface area (Å²) in [4.78, 5) is 29.9. The van der Waals surface area contributed by atoms with Crippen LogP contribution in [0.5, 0.6) is 11.8 Å². The van der Waals surface area contributed by atoms with Gasteiger partial charge in [-0.2, -0.15) is 9.97 Å². The van der Waals surface area contributed by atoms with Crippen molar-refractivity contribution in [2.45, 2.75) is 56.7 Å². The van der Waals surface area contributed by atoms with Crippen molar-refractivity contribution < 1.29 is 27.8 Å². The highest BCUT2D eigenvalue weighted by molar-refractivity contribution is 5.85. The van der Waals surface area contributed by atoms with E-state index in [9.17, 15) is 13.6 Å². The Labute approximate surface area is 299 Å². The van der Waals surface area contributed by atoms with Crippen molar-refractivity contribution in [2.24, 2.45) is 5.41 Å². The van der Waals surface area contributed by atoms with Gasteiger partial charge in [-0.05, 0) is 30.9 Å². The molecule has 13 heteroatoms. The molecule has 1 saturated carbocycles. The molecule has 2 atom stereocenters. The van der Waals surface area contributed by atoms with E-state index in [1.54, 1.807) is 7.11 Å². The lowest BCUT2D eigenvalue weighted by Crippen LogP contribution is -2.68. The normalized spacial score (nSPS) is 22.0. The van der Waals surface area contributed by atoms with Gasteiger partial charge in [0, 0.05) is 63.2 Å². The largest absolute Gasteiger partial charge is 0.481 e. The molecule has 0 N–H and O–H groups in total. The summed E-state index contributed by atoms with van der Waals surface area (Å²) in [6.45, 7) is 5.89. The van der Waals surface area contributed by atoms with Gasteiger partial charge in [0.25, 0.3) is 6.43 Å². The molecule has 2 aromatic carbocycles. The molecule has 1 aliphatic carbocycles. The lowest BCUT2D eigenvalue weighted by atomic mass is 9.81. The van der Waals surface area contributed by atoms with Crippen LogP contribution in [0.4, 0.5) is 8.78 Å². The van der Waals surface area contributed by atoms with Crippen LogP contribution in [0.1, 0.15) is 54.1 Å². The summed E-state index contributed by atoms with van der Waals surface area (Å²) >= 11 is 0. The maximum Gasteiger partial charge on any atom is 0.272 e. The minimum absolute atomic E-state index is 0. The molecule has 1 amide bonds. The SMILES string of the molecule is COc1nc(C2CC2)nc(OCC(F)F)c1CN1C[C@@H]2CN(C(=O)C3(C)COC3)CCN2[C@H](C(c2ccccc2)c2ccccc2)C1.Cl.Cl. The van der Waals surface area contributed by atoms with Crippen molar-refractivity contribution in [3.63, 3.8) is 0 Å². The molecule has 4 fully saturated rings. The lowest BCUT2D eigenvalue weighted by Gasteiger charge is -2.54. The number of carbonyl (C=O) groups is 1. The standard InChI is InChI=1S/C36H43F2N5O4.2ClH/c1-36(22-46-23-36)35(44)42-15-16-43-27(18-42)17-41(20-29(43)31(24-9-5-3-6-10-24)25-11-7-4-8-12-25)19-28-33(45-2)39-32(26-13-14-26)40-34(28)47-21-30(37)38;;/h3-12,26-27,29-31H,13-23H2,1-2H3;2*1H/t27-,29+;;/m1../s1. The number of halogens is 4. The Balaban J connectivity index is 0.00000234. The van der Waals surface area contributed by atoms with Crippen molar-refractivity contribution in [3.8, 4) is 11.8 Å². The van der Waals surface area contributed by atoms with Gasteiger partial charge in [-0.3, -0.25) is 14.6 Å². The molecule has 0 radical (unpaired) electrons. The number of piperazine rings is 2. The first-order valence-electron chi connectivity index (χ1n) is 16.6. The van der Waals surface area contributed by atoms with E-state index in [0.717, 1.165) is 19.4 Å². The van der Waals surface area contributed by atoms with E-state index in [1.165, 1.54) is 11.1 Å². The Morgan fingerprint density at radius 2 is 1.57 bits per heavy atom. The van der Waals surface area contributed by atoms with Gasteiger partial charge in [0.1, 0.15) is 5.82 Å². The summed E-state index contributed by atoms with van der Waals surface area (Å²) in [7, 11) is 1.55. The topological polar surface area (TPSA) is 80.3 Å². The number of rotatable bonds is 11. The van der Waals surface area contributed by atoms with Crippen LogP contribution in [0, 0.1) is 5.41 Å². The number of hydrogen-bond donors (Lipinski definition) is 0. The van der Waals surface area contributed by atoms with Gasteiger partial charge in [0.2, 0.25) is 17.7 Å². The van der Waals surface area contributed by atoms with Gasteiger partial charge in [-0.25, -0.2) is 8.78 Å². The average Bonchev–Trinajstić information content (AvgIpc) is 3.93. The second-order valence-corrected chi connectivity index (χ2v) is 13.6. The molecule has 9 nitrogen and oxygen atoms in total. The van der Waals surface area contributed by atoms with Crippen molar-refractivity contribution in [1.29, 1.82) is 0 Å². The number of benzene rings is 2. The number of carbonyl (C=O) groups excluding carboxylic acids is 1. The molecule has 3 saturated heterocycles. The molecule has 0 unspecified atom stereocenters. The van der Waals surface area contributed by atoms with Crippen LogP contribution in [0.3, 0.4) is 0 Å². The highest BCUT2D eigenvalue weighted by Crippen LogP contribution is 2.42. The molecular formula is C36H45Cl2F2N5O4. The molecule has 266 valence electrons. The number of ether oxygens (including phenoxy) is 3. The molecular weight excluding hydrogens is 675 g/mol. The molecule has 0 spiro atoms. The first-order chi connectivity index (χ1) is 22.8. The fraction of sp³-hybridized carbons (Fsp3) is 0.528. The second kappa shape index (κ2) is 15.9. The van der Waals surface area contributed by atoms with Crippen LogP contribution < -0.4 is 9.47 Å². The number of hydrogen-bond acceptors (Lipinski definition) is 8. The number of aromatic nitrogens is 2. The Bertz CT molecular complexity index is 1510. The Hall–Kier alpha value is -3.09. The van der Waals surface area contributed by atoms with Crippen LogP contribution in [-0.4, -0.2) is 109 Å². The van der Waals surface area contributed by atoms with E-state index in [-0.39, 0.29) is 60.5 Å². The second-order valence-electron chi connectivity index (χ2n) is 13.6. The summed E-state index contributed by atoms with van der Waals surface area (Å²) < 4.78 is 43.6. The van der Waals surface area contributed by atoms with Crippen LogP contribution >= 0.6 is 24.8 Å². The molecule has 7 rings (SSSR count). The quantitative estimate of drug-likeness (QED) is 0.260. The summed E-state index contributed by atoms with van der Waals surface area (Å²) in [6.07, 6.45) is -0.710. The van der Waals surface area contributed by atoms with Crippen molar-refractivity contribution in [3.05, 3.63) is 83.2 Å². The van der Waals surface area contributed by atoms with E-state index in [1.807, 2.05) is 24.0 Å². The van der Waals surface area contributed by atoms with E-state index in [4.69, 9.17) is 19.2 Å². The van der Waals surface area contributed by atoms with E-state index >= 15 is 0 Å². The van der Waals surface area contributed by atoms with Crippen molar-refractivity contribution in [2.75, 3.05) is 59.7 Å². The van der Waals surface area contributed by atoms with Gasteiger partial charge < -0.3 is 19.1 Å². The third kappa shape index (κ3) is 7.96. The number of amides is 1. The summed E-state index contributed by atoms with van der Waals surface area (Å²) in [5.74, 6) is 1.53. The van der Waals surface area contributed by atoms with E-state index in [2.05, 4.69) is 63.3 Å². The molecule has 4 heterocycles. The zero-order chi connectivity index (χ0) is 32.5. The highest BCUT2D eigenvalue weighted by atomic mass is 35.5. The Morgan fingerprint density at radius 3 is 2.12 bits per heavy atom. The minimum Gasteiger partial charge on any atom is -0.481 e. The summed E-state index contributed by atoms with van der Waals surface area (Å²) in [6, 6.07) is 21.3. The molecule has 49 heavy (non-hydrogen) atoms. The molecule has 1 aromatic heterocycles. The van der Waals surface area contributed by atoms with Crippen LogP contribution in [0.2, 0.25) is 0 Å². The highest BCUT2D eigenvalue weighted by Gasteiger charge is 2.48. The minimum atomic E-state index is -2.63. The zero-order valence-electron chi connectivity index (χ0n) is 27.9. The summed E-state index contributed by atoms with van der Waals surface area (Å²) in [5, 5.41) is 0. The monoisotopic (exact) mass is 719 g/mol. The lowest BCUT2D eigenvalue weighted by molar-refractivity contribution is -0.173. The van der Waals surface area contributed by atoms with Crippen LogP contribution in [-0.2, 0) is 16.1 Å². The number of nitrogens with zero attached hydrogens (tertiary/aromatic N) is 5. The number of methoxy groups -OCH3 is 1.